The Kier molecular flexibility index (Phi) is 4.80. The van der Waals surface area contributed by atoms with Crippen LogP contribution in [-0.4, -0.2) is 29.9 Å². The van der Waals surface area contributed by atoms with Crippen molar-refractivity contribution >= 4 is 12.4 Å². The highest BCUT2D eigenvalue weighted by molar-refractivity contribution is 5.78. The van der Waals surface area contributed by atoms with Gasteiger partial charge in [0.05, 0.1) is 0 Å². The first kappa shape index (κ1) is 16.8. The van der Waals surface area contributed by atoms with Crippen LogP contribution in [0.3, 0.4) is 0 Å². The second kappa shape index (κ2) is 6.01. The number of hydrogen-bond acceptors (Lipinski definition) is 3. The topological polar surface area (TPSA) is 46.6 Å². The van der Waals surface area contributed by atoms with Crippen molar-refractivity contribution in [1.29, 1.82) is 0 Å². The second-order valence-corrected chi connectivity index (χ2v) is 5.99. The maximum Gasteiger partial charge on any atom is 0.411 e. The number of likely N-dealkylation sites (N-methyl/N-ethyl adjacent to an activating group) is 1. The van der Waals surface area contributed by atoms with Crippen molar-refractivity contribution in [2.45, 2.75) is 38.8 Å². The fourth-order valence-corrected chi connectivity index (χ4v) is 1.89. The van der Waals surface area contributed by atoms with E-state index in [0.29, 0.717) is 17.4 Å². The molecule has 4 heteroatoms. The minimum Gasteiger partial charge on any atom is -0.444 e. The molecular formula is C17H21NO3. The van der Waals surface area contributed by atoms with Crippen LogP contribution in [0.25, 0.3) is 0 Å². The molecule has 0 heterocycles. The molecule has 1 aromatic carbocycles. The van der Waals surface area contributed by atoms with E-state index < -0.39 is 17.2 Å². The molecule has 1 rings (SSSR count). The van der Waals surface area contributed by atoms with E-state index in [0.717, 1.165) is 0 Å². The molecule has 0 aliphatic heterocycles. The van der Waals surface area contributed by atoms with Gasteiger partial charge < -0.3 is 9.53 Å². The van der Waals surface area contributed by atoms with Gasteiger partial charge in [0.15, 0.2) is 0 Å². The maximum atomic E-state index is 12.2. The largest absolute Gasteiger partial charge is 0.444 e. The van der Waals surface area contributed by atoms with Crippen molar-refractivity contribution in [2.24, 2.45) is 0 Å². The Morgan fingerprint density at radius 1 is 1.29 bits per heavy atom. The molecule has 0 aliphatic rings. The molecule has 1 atom stereocenters. The van der Waals surface area contributed by atoms with Crippen LogP contribution in [0.2, 0.25) is 0 Å². The van der Waals surface area contributed by atoms with Crippen molar-refractivity contribution in [3.8, 4) is 12.3 Å². The van der Waals surface area contributed by atoms with Crippen molar-refractivity contribution in [3.63, 3.8) is 0 Å². The lowest BCUT2D eigenvalue weighted by Gasteiger charge is -2.36. The number of rotatable bonds is 3. The summed E-state index contributed by atoms with van der Waals surface area (Å²) in [6, 6.07) is 7.04. The zero-order valence-corrected chi connectivity index (χ0v) is 13.1. The molecule has 21 heavy (non-hydrogen) atoms. The third kappa shape index (κ3) is 3.63. The predicted molar refractivity (Wildman–Crippen MR) is 81.8 cm³/mol. The summed E-state index contributed by atoms with van der Waals surface area (Å²) in [6.07, 6.45) is 5.60. The molecule has 0 saturated heterocycles. The molecule has 0 bridgehead atoms. The Morgan fingerprint density at radius 3 is 2.33 bits per heavy atom. The summed E-state index contributed by atoms with van der Waals surface area (Å²) in [4.78, 5) is 25.2. The predicted octanol–water partition coefficient (Wildman–Crippen LogP) is 2.95. The van der Waals surface area contributed by atoms with Crippen molar-refractivity contribution in [3.05, 3.63) is 35.4 Å². The summed E-state index contributed by atoms with van der Waals surface area (Å²) in [5.74, 6) is 2.54. The minimum atomic E-state index is -1.19. The van der Waals surface area contributed by atoms with E-state index in [1.165, 1.54) is 11.9 Å². The molecule has 0 aromatic heterocycles. The molecule has 0 spiro atoms. The van der Waals surface area contributed by atoms with Crippen LogP contribution in [0.15, 0.2) is 24.3 Å². The summed E-state index contributed by atoms with van der Waals surface area (Å²) in [5, 5.41) is 0. The summed E-state index contributed by atoms with van der Waals surface area (Å²) < 4.78 is 5.32. The molecule has 0 saturated carbocycles. The standard InChI is InChI=1S/C17H21NO3/c1-7-13-10-8-9-11-14(13)17(5,12-19)18(6)15(20)21-16(2,3)4/h1,8-12H,2-6H3. The average Bonchev–Trinajstić information content (AvgIpc) is 2.43. The van der Waals surface area contributed by atoms with Gasteiger partial charge in [-0.25, -0.2) is 4.79 Å². The van der Waals surface area contributed by atoms with Gasteiger partial charge in [-0.1, -0.05) is 24.1 Å². The van der Waals surface area contributed by atoms with Crippen molar-refractivity contribution < 1.29 is 14.3 Å². The normalized spacial score (nSPS) is 13.7. The number of nitrogens with zero attached hydrogens (tertiary/aromatic N) is 1. The van der Waals surface area contributed by atoms with E-state index in [1.54, 1.807) is 52.0 Å². The Morgan fingerprint density at radius 2 is 1.86 bits per heavy atom. The number of carbonyl (C=O) groups is 2. The maximum absolute atomic E-state index is 12.2. The van der Waals surface area contributed by atoms with Gasteiger partial charge >= 0.3 is 6.09 Å². The van der Waals surface area contributed by atoms with E-state index in [4.69, 9.17) is 11.2 Å². The fourth-order valence-electron chi connectivity index (χ4n) is 1.89. The Hall–Kier alpha value is -2.28. The van der Waals surface area contributed by atoms with Crippen LogP contribution in [0.1, 0.15) is 38.8 Å². The lowest BCUT2D eigenvalue weighted by Crippen LogP contribution is -2.48. The third-order valence-electron chi connectivity index (χ3n) is 3.22. The van der Waals surface area contributed by atoms with Gasteiger partial charge in [-0.15, -0.1) is 6.42 Å². The van der Waals surface area contributed by atoms with E-state index in [-0.39, 0.29) is 0 Å². The number of amides is 1. The lowest BCUT2D eigenvalue weighted by molar-refractivity contribution is -0.117. The third-order valence-corrected chi connectivity index (χ3v) is 3.22. The zero-order chi connectivity index (χ0) is 16.3. The lowest BCUT2D eigenvalue weighted by atomic mass is 9.88. The molecule has 0 fully saturated rings. The van der Waals surface area contributed by atoms with E-state index >= 15 is 0 Å². The minimum absolute atomic E-state index is 0.572. The van der Waals surface area contributed by atoms with E-state index in [9.17, 15) is 9.59 Å². The summed E-state index contributed by atoms with van der Waals surface area (Å²) in [7, 11) is 1.52. The first-order chi connectivity index (χ1) is 9.65. The fraction of sp³-hybridized carbons (Fsp3) is 0.412. The van der Waals surface area contributed by atoms with Gasteiger partial charge in [0.1, 0.15) is 17.4 Å². The quantitative estimate of drug-likeness (QED) is 0.634. The number of aldehydes is 1. The van der Waals surface area contributed by atoms with Crippen LogP contribution in [-0.2, 0) is 15.1 Å². The molecule has 1 unspecified atom stereocenters. The number of hydrogen-bond donors (Lipinski definition) is 0. The van der Waals surface area contributed by atoms with E-state index in [1.807, 2.05) is 0 Å². The molecular weight excluding hydrogens is 266 g/mol. The molecule has 1 amide bonds. The Labute approximate surface area is 126 Å². The van der Waals surface area contributed by atoms with Crippen molar-refractivity contribution in [1.82, 2.24) is 4.90 Å². The Balaban J connectivity index is 3.24. The summed E-state index contributed by atoms with van der Waals surface area (Å²) >= 11 is 0. The van der Waals surface area contributed by atoms with Crippen LogP contribution >= 0.6 is 0 Å². The van der Waals surface area contributed by atoms with Crippen LogP contribution in [0.5, 0.6) is 0 Å². The van der Waals surface area contributed by atoms with Gasteiger partial charge in [-0.2, -0.15) is 0 Å². The van der Waals surface area contributed by atoms with Gasteiger partial charge in [-0.3, -0.25) is 4.90 Å². The van der Waals surface area contributed by atoms with Crippen LogP contribution in [0, 0.1) is 12.3 Å². The van der Waals surface area contributed by atoms with Gasteiger partial charge in [0, 0.05) is 18.2 Å². The molecule has 112 valence electrons. The van der Waals surface area contributed by atoms with Gasteiger partial charge in [0.2, 0.25) is 0 Å². The van der Waals surface area contributed by atoms with Crippen LogP contribution < -0.4 is 0 Å². The number of ether oxygens (including phenoxy) is 1. The smallest absolute Gasteiger partial charge is 0.411 e. The first-order valence-corrected chi connectivity index (χ1v) is 6.65. The molecule has 0 N–H and O–H groups in total. The molecule has 4 nitrogen and oxygen atoms in total. The highest BCUT2D eigenvalue weighted by Crippen LogP contribution is 2.29. The molecule has 0 radical (unpaired) electrons. The molecule has 0 aliphatic carbocycles. The monoisotopic (exact) mass is 287 g/mol. The van der Waals surface area contributed by atoms with Gasteiger partial charge in [-0.05, 0) is 33.8 Å². The Bertz CT molecular complexity index is 580. The zero-order valence-electron chi connectivity index (χ0n) is 13.1. The second-order valence-electron chi connectivity index (χ2n) is 5.99. The van der Waals surface area contributed by atoms with Crippen molar-refractivity contribution in [2.75, 3.05) is 7.05 Å². The highest BCUT2D eigenvalue weighted by Gasteiger charge is 2.38. The average molecular weight is 287 g/mol. The highest BCUT2D eigenvalue weighted by atomic mass is 16.6. The van der Waals surface area contributed by atoms with Gasteiger partial charge in [0.25, 0.3) is 0 Å². The summed E-state index contributed by atoms with van der Waals surface area (Å²) in [6.45, 7) is 6.95. The first-order valence-electron chi connectivity index (χ1n) is 6.65. The number of terminal acetylenes is 1. The van der Waals surface area contributed by atoms with Crippen LogP contribution in [0.4, 0.5) is 4.79 Å². The van der Waals surface area contributed by atoms with E-state index in [2.05, 4.69) is 5.92 Å². The molecule has 1 aromatic rings. The number of benzene rings is 1. The SMILES string of the molecule is C#Cc1ccccc1C(C)(C=O)N(C)C(=O)OC(C)(C)C. The number of carbonyl (C=O) groups excluding carboxylic acids is 2. The summed E-state index contributed by atoms with van der Waals surface area (Å²) in [5.41, 5.74) is -0.662.